The van der Waals surface area contributed by atoms with Crippen molar-refractivity contribution >= 4 is 11.5 Å². The molecule has 3 aromatic carbocycles. The fourth-order valence-corrected chi connectivity index (χ4v) is 2.95. The standard InChI is InChI=1S/C24H20N2O/c25-18-22(16-17-26-24(27)21-14-8-3-9-15-21)23(19-10-4-1-5-11-19)20-12-6-2-7-13-20/h1-15H,16-17H2,(H,26,27). The van der Waals surface area contributed by atoms with Crippen LogP contribution >= 0.6 is 0 Å². The molecular weight excluding hydrogens is 332 g/mol. The van der Waals surface area contributed by atoms with E-state index >= 15 is 0 Å². The maximum Gasteiger partial charge on any atom is 0.251 e. The molecule has 132 valence electrons. The first kappa shape index (κ1) is 18.2. The fourth-order valence-electron chi connectivity index (χ4n) is 2.95. The van der Waals surface area contributed by atoms with Gasteiger partial charge in [-0.1, -0.05) is 78.9 Å². The van der Waals surface area contributed by atoms with Gasteiger partial charge in [0.2, 0.25) is 0 Å². The van der Waals surface area contributed by atoms with Gasteiger partial charge in [0.15, 0.2) is 0 Å². The molecule has 0 bridgehead atoms. The van der Waals surface area contributed by atoms with Gasteiger partial charge in [-0.05, 0) is 23.3 Å². The number of nitriles is 1. The van der Waals surface area contributed by atoms with Gasteiger partial charge >= 0.3 is 0 Å². The van der Waals surface area contributed by atoms with Gasteiger partial charge in [0.25, 0.3) is 5.91 Å². The molecule has 3 aromatic rings. The van der Waals surface area contributed by atoms with Crippen molar-refractivity contribution in [1.82, 2.24) is 5.32 Å². The Balaban J connectivity index is 1.83. The zero-order valence-electron chi connectivity index (χ0n) is 14.9. The van der Waals surface area contributed by atoms with E-state index in [-0.39, 0.29) is 5.91 Å². The Bertz CT molecular complexity index is 914. The highest BCUT2D eigenvalue weighted by atomic mass is 16.1. The predicted molar refractivity (Wildman–Crippen MR) is 108 cm³/mol. The molecule has 0 aliphatic heterocycles. The number of rotatable bonds is 6. The van der Waals surface area contributed by atoms with Crippen LogP contribution in [0.5, 0.6) is 0 Å². The molecule has 0 aromatic heterocycles. The Kier molecular flexibility index (Phi) is 6.17. The molecule has 0 unspecified atom stereocenters. The quantitative estimate of drug-likeness (QED) is 0.646. The first-order chi connectivity index (χ1) is 13.3. The molecule has 0 saturated heterocycles. The second-order valence-corrected chi connectivity index (χ2v) is 6.07. The molecular formula is C24H20N2O. The summed E-state index contributed by atoms with van der Waals surface area (Å²) in [7, 11) is 0. The van der Waals surface area contributed by atoms with Crippen LogP contribution in [0.3, 0.4) is 0 Å². The van der Waals surface area contributed by atoms with E-state index in [0.717, 1.165) is 16.7 Å². The van der Waals surface area contributed by atoms with E-state index in [1.807, 2.05) is 78.9 Å². The Hall–Kier alpha value is -3.64. The van der Waals surface area contributed by atoms with E-state index in [9.17, 15) is 10.1 Å². The molecule has 0 fully saturated rings. The van der Waals surface area contributed by atoms with Crippen LogP contribution in [-0.2, 0) is 0 Å². The monoisotopic (exact) mass is 352 g/mol. The van der Waals surface area contributed by atoms with Gasteiger partial charge in [0.05, 0.1) is 6.07 Å². The number of hydrogen-bond donors (Lipinski definition) is 1. The normalized spacial score (nSPS) is 9.89. The fraction of sp³-hybridized carbons (Fsp3) is 0.0833. The first-order valence-electron chi connectivity index (χ1n) is 8.87. The van der Waals surface area contributed by atoms with E-state index in [0.29, 0.717) is 24.1 Å². The molecule has 27 heavy (non-hydrogen) atoms. The van der Waals surface area contributed by atoms with Crippen molar-refractivity contribution in [3.8, 4) is 6.07 Å². The van der Waals surface area contributed by atoms with Crippen LogP contribution in [0.4, 0.5) is 0 Å². The van der Waals surface area contributed by atoms with Crippen LogP contribution in [0.25, 0.3) is 5.57 Å². The zero-order chi connectivity index (χ0) is 18.9. The lowest BCUT2D eigenvalue weighted by Gasteiger charge is -2.12. The van der Waals surface area contributed by atoms with E-state index in [4.69, 9.17) is 0 Å². The average Bonchev–Trinajstić information content (AvgIpc) is 2.75. The van der Waals surface area contributed by atoms with Crippen molar-refractivity contribution in [2.75, 3.05) is 6.54 Å². The third-order valence-corrected chi connectivity index (χ3v) is 4.26. The molecule has 3 rings (SSSR count). The number of carbonyl (C=O) groups is 1. The van der Waals surface area contributed by atoms with Crippen molar-refractivity contribution in [2.45, 2.75) is 6.42 Å². The van der Waals surface area contributed by atoms with Gasteiger partial charge < -0.3 is 5.32 Å². The van der Waals surface area contributed by atoms with Gasteiger partial charge in [0.1, 0.15) is 0 Å². The van der Waals surface area contributed by atoms with Gasteiger partial charge in [0, 0.05) is 29.7 Å². The van der Waals surface area contributed by atoms with E-state index in [1.165, 1.54) is 0 Å². The number of nitrogens with one attached hydrogen (secondary N) is 1. The van der Waals surface area contributed by atoms with Crippen LogP contribution in [0.15, 0.2) is 96.6 Å². The first-order valence-corrected chi connectivity index (χ1v) is 8.87. The third-order valence-electron chi connectivity index (χ3n) is 4.26. The molecule has 0 heterocycles. The van der Waals surface area contributed by atoms with Crippen LogP contribution in [0, 0.1) is 11.3 Å². The summed E-state index contributed by atoms with van der Waals surface area (Å²) in [5, 5.41) is 12.7. The molecule has 1 amide bonds. The van der Waals surface area contributed by atoms with Crippen molar-refractivity contribution in [1.29, 1.82) is 5.26 Å². The summed E-state index contributed by atoms with van der Waals surface area (Å²) in [6.07, 6.45) is 0.466. The van der Waals surface area contributed by atoms with E-state index in [1.54, 1.807) is 12.1 Å². The van der Waals surface area contributed by atoms with E-state index < -0.39 is 0 Å². The minimum Gasteiger partial charge on any atom is -0.352 e. The lowest BCUT2D eigenvalue weighted by Crippen LogP contribution is -2.24. The van der Waals surface area contributed by atoms with Crippen LogP contribution < -0.4 is 5.32 Å². The number of amides is 1. The Morgan fingerprint density at radius 2 is 1.19 bits per heavy atom. The third kappa shape index (κ3) is 4.71. The molecule has 0 aliphatic rings. The van der Waals surface area contributed by atoms with Crippen molar-refractivity contribution in [2.24, 2.45) is 0 Å². The zero-order valence-corrected chi connectivity index (χ0v) is 14.9. The highest BCUT2D eigenvalue weighted by Gasteiger charge is 2.12. The van der Waals surface area contributed by atoms with Gasteiger partial charge in [-0.25, -0.2) is 0 Å². The molecule has 0 atom stereocenters. The lowest BCUT2D eigenvalue weighted by molar-refractivity contribution is 0.0954. The largest absolute Gasteiger partial charge is 0.352 e. The van der Waals surface area contributed by atoms with Gasteiger partial charge in [-0.15, -0.1) is 0 Å². The second-order valence-electron chi connectivity index (χ2n) is 6.07. The SMILES string of the molecule is N#CC(CCNC(=O)c1ccccc1)=C(c1ccccc1)c1ccccc1. The molecule has 0 spiro atoms. The molecule has 0 aliphatic carbocycles. The maximum absolute atomic E-state index is 12.2. The molecule has 3 heteroatoms. The van der Waals surface area contributed by atoms with Crippen molar-refractivity contribution in [3.05, 3.63) is 113 Å². The Labute approximate surface area is 159 Å². The summed E-state index contributed by atoms with van der Waals surface area (Å²) in [5.41, 5.74) is 4.17. The summed E-state index contributed by atoms with van der Waals surface area (Å²) in [4.78, 5) is 12.2. The predicted octanol–water partition coefficient (Wildman–Crippen LogP) is 4.83. The topological polar surface area (TPSA) is 52.9 Å². The summed E-state index contributed by atoms with van der Waals surface area (Å²) in [5.74, 6) is -0.131. The molecule has 1 N–H and O–H groups in total. The summed E-state index contributed by atoms with van der Waals surface area (Å²) < 4.78 is 0. The van der Waals surface area contributed by atoms with Crippen molar-refractivity contribution < 1.29 is 4.79 Å². The second kappa shape index (κ2) is 9.17. The number of hydrogen-bond acceptors (Lipinski definition) is 2. The van der Waals surface area contributed by atoms with Crippen molar-refractivity contribution in [3.63, 3.8) is 0 Å². The maximum atomic E-state index is 12.2. The van der Waals surface area contributed by atoms with Gasteiger partial charge in [-0.2, -0.15) is 5.26 Å². The summed E-state index contributed by atoms with van der Waals surface area (Å²) >= 11 is 0. The van der Waals surface area contributed by atoms with E-state index in [2.05, 4.69) is 11.4 Å². The van der Waals surface area contributed by atoms with Crippen LogP contribution in [0.1, 0.15) is 27.9 Å². The molecule has 3 nitrogen and oxygen atoms in total. The Morgan fingerprint density at radius 1 is 0.741 bits per heavy atom. The highest BCUT2D eigenvalue weighted by molar-refractivity contribution is 5.94. The Morgan fingerprint density at radius 3 is 1.63 bits per heavy atom. The van der Waals surface area contributed by atoms with Crippen LogP contribution in [0.2, 0.25) is 0 Å². The number of nitrogens with zero attached hydrogens (tertiary/aromatic N) is 1. The summed E-state index contributed by atoms with van der Waals surface area (Å²) in [6, 6.07) is 31.2. The number of benzene rings is 3. The number of carbonyl (C=O) groups excluding carboxylic acids is 1. The smallest absolute Gasteiger partial charge is 0.251 e. The van der Waals surface area contributed by atoms with Gasteiger partial charge in [-0.3, -0.25) is 4.79 Å². The lowest BCUT2D eigenvalue weighted by atomic mass is 9.92. The minimum atomic E-state index is -0.131. The van der Waals surface area contributed by atoms with Crippen LogP contribution in [-0.4, -0.2) is 12.5 Å². The molecule has 0 radical (unpaired) electrons. The average molecular weight is 352 g/mol. The highest BCUT2D eigenvalue weighted by Crippen LogP contribution is 2.28. The minimum absolute atomic E-state index is 0.131. The summed E-state index contributed by atoms with van der Waals surface area (Å²) in [6.45, 7) is 0.403. The molecule has 0 saturated carbocycles.